The van der Waals surface area contributed by atoms with E-state index in [9.17, 15) is 19.8 Å². The van der Waals surface area contributed by atoms with Gasteiger partial charge in [0.25, 0.3) is 11.8 Å². The van der Waals surface area contributed by atoms with Crippen LogP contribution in [0.5, 0.6) is 5.75 Å². The molecular weight excluding hydrogens is 520 g/mol. The van der Waals surface area contributed by atoms with Crippen molar-refractivity contribution in [3.05, 3.63) is 107 Å². The third-order valence-electron chi connectivity index (χ3n) is 7.77. The molecule has 4 atom stereocenters. The minimum absolute atomic E-state index is 0.326. The third kappa shape index (κ3) is 5.83. The molecule has 2 aliphatic rings. The van der Waals surface area contributed by atoms with E-state index in [2.05, 4.69) is 16.8 Å². The zero-order chi connectivity index (χ0) is 29.1. The quantitative estimate of drug-likeness (QED) is 0.337. The van der Waals surface area contributed by atoms with E-state index in [-0.39, 0.29) is 0 Å². The van der Waals surface area contributed by atoms with Crippen molar-refractivity contribution in [2.45, 2.75) is 44.6 Å². The van der Waals surface area contributed by atoms with Crippen LogP contribution in [0.4, 0.5) is 5.69 Å². The van der Waals surface area contributed by atoms with Crippen LogP contribution >= 0.6 is 0 Å². The first-order chi connectivity index (χ1) is 19.8. The van der Waals surface area contributed by atoms with E-state index >= 15 is 0 Å². The van der Waals surface area contributed by atoms with E-state index < -0.39 is 36.1 Å². The fourth-order valence-corrected chi connectivity index (χ4v) is 5.52. The van der Waals surface area contributed by atoms with E-state index in [0.717, 1.165) is 40.0 Å². The van der Waals surface area contributed by atoms with E-state index in [1.807, 2.05) is 84.9 Å². The number of fused-ring (bicyclic) bond motifs is 1. The lowest BCUT2D eigenvalue weighted by molar-refractivity contribution is -0.155. The molecular formula is C32H36N4O5. The molecule has 5 rings (SSSR count). The SMILES string of the molecule is COc1cc2c(cc1C)CCN(C(=O)[C@H](O)[C@@H](O)C(=O)N[C@H](C)c1ccc(N3C=CCN3)cc1)C2c1ccccc1. The molecule has 3 aromatic carbocycles. The fraction of sp³-hybridized carbons (Fsp3) is 0.312. The van der Waals surface area contributed by atoms with Crippen molar-refractivity contribution >= 4 is 17.5 Å². The predicted octanol–water partition coefficient (Wildman–Crippen LogP) is 2.92. The number of aryl methyl sites for hydroxylation is 1. The summed E-state index contributed by atoms with van der Waals surface area (Å²) in [7, 11) is 1.61. The summed E-state index contributed by atoms with van der Waals surface area (Å²) in [6.45, 7) is 4.85. The Balaban J connectivity index is 1.32. The Morgan fingerprint density at radius 3 is 2.44 bits per heavy atom. The molecule has 0 aliphatic carbocycles. The second kappa shape index (κ2) is 12.1. The summed E-state index contributed by atoms with van der Waals surface area (Å²) in [5.74, 6) is -0.832. The Labute approximate surface area is 240 Å². The van der Waals surface area contributed by atoms with Gasteiger partial charge in [-0.15, -0.1) is 0 Å². The van der Waals surface area contributed by atoms with Gasteiger partial charge in [-0.1, -0.05) is 54.6 Å². The number of hydrogen-bond donors (Lipinski definition) is 4. The van der Waals surface area contributed by atoms with Crippen LogP contribution in [-0.2, 0) is 16.0 Å². The molecule has 0 saturated carbocycles. The fourth-order valence-electron chi connectivity index (χ4n) is 5.52. The number of nitrogens with one attached hydrogen (secondary N) is 2. The summed E-state index contributed by atoms with van der Waals surface area (Å²) in [6, 6.07) is 20.2. The Morgan fingerprint density at radius 2 is 1.78 bits per heavy atom. The van der Waals surface area contributed by atoms with Gasteiger partial charge in [-0.2, -0.15) is 0 Å². The minimum Gasteiger partial charge on any atom is -0.496 e. The Hall–Kier alpha value is -4.18. The van der Waals surface area contributed by atoms with Crippen LogP contribution in [0, 0.1) is 6.92 Å². The molecule has 0 spiro atoms. The van der Waals surface area contributed by atoms with Crippen molar-refractivity contribution in [3.63, 3.8) is 0 Å². The van der Waals surface area contributed by atoms with Crippen LogP contribution in [-0.4, -0.2) is 59.3 Å². The van der Waals surface area contributed by atoms with Crippen molar-refractivity contribution in [2.24, 2.45) is 0 Å². The first-order valence-corrected chi connectivity index (χ1v) is 13.8. The number of nitrogens with zero attached hydrogens (tertiary/aromatic N) is 2. The number of hydrogen-bond acceptors (Lipinski definition) is 7. The van der Waals surface area contributed by atoms with Crippen molar-refractivity contribution in [1.82, 2.24) is 15.6 Å². The number of ether oxygens (including phenoxy) is 1. The predicted molar refractivity (Wildman–Crippen MR) is 156 cm³/mol. The molecule has 0 bridgehead atoms. The van der Waals surface area contributed by atoms with Gasteiger partial charge in [0.1, 0.15) is 5.75 Å². The highest BCUT2D eigenvalue weighted by molar-refractivity contribution is 5.91. The minimum atomic E-state index is -1.94. The van der Waals surface area contributed by atoms with Gasteiger partial charge in [-0.05, 0) is 66.3 Å². The van der Waals surface area contributed by atoms with Gasteiger partial charge in [-0.25, -0.2) is 5.43 Å². The van der Waals surface area contributed by atoms with Crippen LogP contribution in [0.1, 0.15) is 46.8 Å². The third-order valence-corrected chi connectivity index (χ3v) is 7.77. The molecule has 4 N–H and O–H groups in total. The number of aliphatic hydroxyl groups is 2. The highest BCUT2D eigenvalue weighted by atomic mass is 16.5. The maximum atomic E-state index is 13.7. The molecule has 0 saturated heterocycles. The van der Waals surface area contributed by atoms with Gasteiger partial charge >= 0.3 is 0 Å². The highest BCUT2D eigenvalue weighted by Gasteiger charge is 2.39. The average Bonchev–Trinajstić information content (AvgIpc) is 3.54. The topological polar surface area (TPSA) is 114 Å². The molecule has 214 valence electrons. The summed E-state index contributed by atoms with van der Waals surface area (Å²) in [4.78, 5) is 28.2. The van der Waals surface area contributed by atoms with Gasteiger partial charge in [-0.3, -0.25) is 14.6 Å². The number of carbonyl (C=O) groups is 2. The Morgan fingerprint density at radius 1 is 1.05 bits per heavy atom. The van der Waals surface area contributed by atoms with E-state index in [1.165, 1.54) is 4.90 Å². The zero-order valence-electron chi connectivity index (χ0n) is 23.4. The molecule has 2 heterocycles. The first kappa shape index (κ1) is 28.4. The molecule has 0 fully saturated rings. The first-order valence-electron chi connectivity index (χ1n) is 13.8. The van der Waals surface area contributed by atoms with E-state index in [0.29, 0.717) is 18.7 Å². The molecule has 3 aromatic rings. The maximum Gasteiger partial charge on any atom is 0.255 e. The summed E-state index contributed by atoms with van der Waals surface area (Å²) < 4.78 is 5.56. The number of anilines is 1. The van der Waals surface area contributed by atoms with Crippen molar-refractivity contribution in [1.29, 1.82) is 0 Å². The zero-order valence-corrected chi connectivity index (χ0v) is 23.4. The monoisotopic (exact) mass is 556 g/mol. The molecule has 9 nitrogen and oxygen atoms in total. The Bertz CT molecular complexity index is 1430. The van der Waals surface area contributed by atoms with Gasteiger partial charge in [0.05, 0.1) is 24.9 Å². The number of hydrazine groups is 1. The largest absolute Gasteiger partial charge is 0.496 e. The lowest BCUT2D eigenvalue weighted by Crippen LogP contribution is -2.53. The van der Waals surface area contributed by atoms with Crippen molar-refractivity contribution in [3.8, 4) is 5.75 Å². The molecule has 41 heavy (non-hydrogen) atoms. The van der Waals surface area contributed by atoms with Crippen LogP contribution in [0.2, 0.25) is 0 Å². The van der Waals surface area contributed by atoms with Gasteiger partial charge in [0.2, 0.25) is 0 Å². The van der Waals surface area contributed by atoms with E-state index in [4.69, 9.17) is 4.74 Å². The number of amides is 2. The molecule has 9 heteroatoms. The molecule has 2 amide bonds. The lowest BCUT2D eigenvalue weighted by atomic mass is 9.86. The van der Waals surface area contributed by atoms with Crippen LogP contribution in [0.15, 0.2) is 79.0 Å². The maximum absolute atomic E-state index is 13.7. The number of rotatable bonds is 8. The number of benzene rings is 3. The molecule has 0 radical (unpaired) electrons. The van der Waals surface area contributed by atoms with Crippen molar-refractivity contribution < 1.29 is 24.5 Å². The summed E-state index contributed by atoms with van der Waals surface area (Å²) in [5.41, 5.74) is 8.80. The van der Waals surface area contributed by atoms with Crippen molar-refractivity contribution in [2.75, 3.05) is 25.2 Å². The van der Waals surface area contributed by atoms with Gasteiger partial charge in [0.15, 0.2) is 12.2 Å². The number of methoxy groups -OCH3 is 1. The summed E-state index contributed by atoms with van der Waals surface area (Å²) in [5, 5.41) is 26.4. The second-order valence-corrected chi connectivity index (χ2v) is 10.4. The summed E-state index contributed by atoms with van der Waals surface area (Å²) in [6.07, 6.45) is 0.648. The lowest BCUT2D eigenvalue weighted by Gasteiger charge is -2.39. The Kier molecular flexibility index (Phi) is 8.39. The summed E-state index contributed by atoms with van der Waals surface area (Å²) >= 11 is 0. The van der Waals surface area contributed by atoms with Gasteiger partial charge in [0, 0.05) is 19.3 Å². The average molecular weight is 557 g/mol. The van der Waals surface area contributed by atoms with E-state index in [1.54, 1.807) is 14.0 Å². The highest BCUT2D eigenvalue weighted by Crippen LogP contribution is 2.39. The second-order valence-electron chi connectivity index (χ2n) is 10.4. The van der Waals surface area contributed by atoms with Gasteiger partial charge < -0.3 is 25.2 Å². The number of carbonyl (C=O) groups excluding carboxylic acids is 2. The molecule has 2 aliphatic heterocycles. The van der Waals surface area contributed by atoms with Crippen LogP contribution in [0.25, 0.3) is 0 Å². The van der Waals surface area contributed by atoms with Crippen LogP contribution < -0.4 is 20.5 Å². The normalized spacial score (nSPS) is 18.4. The smallest absolute Gasteiger partial charge is 0.255 e. The molecule has 0 aromatic heterocycles. The van der Waals surface area contributed by atoms with Crippen LogP contribution in [0.3, 0.4) is 0 Å². The molecule has 1 unspecified atom stereocenters. The standard InChI is InChI=1S/C32H36N4O5/c1-20-18-24-14-17-35(28(23-8-5-4-6-9-23)26(24)19-27(20)41-3)32(40)30(38)29(37)31(39)34-21(2)22-10-12-25(13-11-22)36-16-7-15-33-36/h4-13,16,18-19,21,28-30,33,37-38H,14-15,17H2,1-3H3,(H,34,39)/t21-,28?,29-,30-/m1/s1. The number of aliphatic hydroxyl groups excluding tert-OH is 2.